The van der Waals surface area contributed by atoms with Gasteiger partial charge >= 0.3 is 0 Å². The molecule has 0 saturated carbocycles. The number of nitrogens with zero attached hydrogens (tertiary/aromatic N) is 3. The smallest absolute Gasteiger partial charge is 0.164 e. The summed E-state index contributed by atoms with van der Waals surface area (Å²) in [7, 11) is 0. The lowest BCUT2D eigenvalue weighted by atomic mass is 9.92. The lowest BCUT2D eigenvalue weighted by Gasteiger charge is -2.14. The van der Waals surface area contributed by atoms with Crippen LogP contribution in [-0.4, -0.2) is 15.0 Å². The summed E-state index contributed by atoms with van der Waals surface area (Å²) < 4.78 is 13.7. The fourth-order valence-electron chi connectivity index (χ4n) is 11.0. The molecule has 14 rings (SSSR count). The Hall–Kier alpha value is -10.2. The van der Waals surface area contributed by atoms with E-state index in [2.05, 4.69) is 195 Å². The lowest BCUT2D eigenvalue weighted by Crippen LogP contribution is -2.01. The van der Waals surface area contributed by atoms with Crippen molar-refractivity contribution in [1.82, 2.24) is 15.0 Å². The number of aromatic nitrogens is 3. The monoisotopic (exact) mass is 971 g/mol. The van der Waals surface area contributed by atoms with Gasteiger partial charge in [-0.2, -0.15) is 0 Å². The fourth-order valence-corrected chi connectivity index (χ4v) is 11.0. The highest BCUT2D eigenvalue weighted by Gasteiger charge is 2.23. The van der Waals surface area contributed by atoms with Crippen LogP contribution in [0.4, 0.5) is 0 Å². The zero-order chi connectivity index (χ0) is 50.7. The molecule has 0 bridgehead atoms. The minimum atomic E-state index is 0.538. The second-order valence-electron chi connectivity index (χ2n) is 19.1. The third-order valence-corrected chi connectivity index (χ3v) is 14.7. The molecular formula is C71H45N3O2. The molecule has 0 aliphatic rings. The van der Waals surface area contributed by atoms with Crippen molar-refractivity contribution in [2.45, 2.75) is 0 Å². The van der Waals surface area contributed by atoms with Crippen molar-refractivity contribution >= 4 is 66.8 Å². The maximum atomic E-state index is 7.00. The summed E-state index contributed by atoms with van der Waals surface area (Å²) in [5.41, 5.74) is 18.8. The van der Waals surface area contributed by atoms with Crippen LogP contribution in [0.5, 0.6) is 0 Å². The van der Waals surface area contributed by atoms with Gasteiger partial charge in [-0.3, -0.25) is 0 Å². The highest BCUT2D eigenvalue weighted by atomic mass is 16.3. The molecule has 0 spiro atoms. The van der Waals surface area contributed by atoms with E-state index in [0.29, 0.717) is 17.5 Å². The maximum absolute atomic E-state index is 7.00. The molecule has 14 aromatic rings. The standard InChI is InChI=1S/C71H45N3O2/c1-3-44-40-60(57-25-15-14-24-56(57)54(44)4-2)71-73-69(51-22-12-7-13-23-51)72-70(74-71)58-27-17-28-64-67(58)61-41-52(38-39-63(61)75-64)55-26-16-29-65-66(55)62-43-53(49-32-30-47(31-33-49)45-18-8-5-9-19-45)42-59(68(62)76-65)50-36-34-48(35-37-50)46-20-10-6-11-21-46/h3-43H,1-2H2. The molecule has 11 aromatic carbocycles. The first-order valence-corrected chi connectivity index (χ1v) is 25.5. The van der Waals surface area contributed by atoms with Crippen molar-refractivity contribution in [3.8, 4) is 89.8 Å². The minimum absolute atomic E-state index is 0.538. The molecule has 0 fully saturated rings. The van der Waals surface area contributed by atoms with Crippen LogP contribution in [0.25, 0.3) is 157 Å². The zero-order valence-electron chi connectivity index (χ0n) is 41.2. The number of fused-ring (bicyclic) bond motifs is 7. The van der Waals surface area contributed by atoms with Crippen LogP contribution < -0.4 is 0 Å². The normalized spacial score (nSPS) is 11.5. The maximum Gasteiger partial charge on any atom is 0.164 e. The lowest BCUT2D eigenvalue weighted by molar-refractivity contribution is 0.669. The SMILES string of the molecule is C=Cc1cc(-c2nc(-c3ccccc3)nc(-c3cccc4oc5ccc(-c6cccc7oc8c(-c9ccc(-c%10ccccc%10)cc9)cc(-c9ccc(-c%10ccccc%10)cc9)cc8c67)cc5c34)n2)c2ccccc2c1C=C. The first kappa shape index (κ1) is 44.5. The zero-order valence-corrected chi connectivity index (χ0v) is 41.2. The Balaban J connectivity index is 0.955. The molecule has 0 aliphatic carbocycles. The van der Waals surface area contributed by atoms with E-state index in [1.54, 1.807) is 0 Å². The predicted octanol–water partition coefficient (Wildman–Crippen LogP) is 19.4. The topological polar surface area (TPSA) is 65.0 Å². The number of furan rings is 2. The Morgan fingerprint density at radius 2 is 0.789 bits per heavy atom. The number of hydrogen-bond acceptors (Lipinski definition) is 5. The molecule has 0 saturated heterocycles. The fraction of sp³-hybridized carbons (Fsp3) is 0. The average molecular weight is 972 g/mol. The summed E-state index contributed by atoms with van der Waals surface area (Å²) in [6.45, 7) is 8.31. The number of hydrogen-bond donors (Lipinski definition) is 0. The first-order valence-electron chi connectivity index (χ1n) is 25.5. The van der Waals surface area contributed by atoms with Crippen LogP contribution in [0, 0.1) is 0 Å². The Morgan fingerprint density at radius 3 is 1.43 bits per heavy atom. The molecule has 0 radical (unpaired) electrons. The third kappa shape index (κ3) is 7.60. The van der Waals surface area contributed by atoms with Crippen LogP contribution in [0.1, 0.15) is 11.1 Å². The largest absolute Gasteiger partial charge is 0.456 e. The van der Waals surface area contributed by atoms with Crippen LogP contribution >= 0.6 is 0 Å². The highest BCUT2D eigenvalue weighted by Crippen LogP contribution is 2.46. The molecule has 0 amide bonds. The van der Waals surface area contributed by atoms with Crippen molar-refractivity contribution < 1.29 is 8.83 Å². The second kappa shape index (κ2) is 18.4. The summed E-state index contributed by atoms with van der Waals surface area (Å²) in [5.74, 6) is 1.66. The Morgan fingerprint density at radius 1 is 0.289 bits per heavy atom. The molecule has 0 atom stereocenters. The molecule has 3 heterocycles. The molecule has 5 heteroatoms. The van der Waals surface area contributed by atoms with Gasteiger partial charge in [0.05, 0.1) is 0 Å². The van der Waals surface area contributed by atoms with Crippen LogP contribution in [0.15, 0.2) is 259 Å². The van der Waals surface area contributed by atoms with Gasteiger partial charge in [0.1, 0.15) is 22.3 Å². The second-order valence-corrected chi connectivity index (χ2v) is 19.1. The van der Waals surface area contributed by atoms with Gasteiger partial charge in [-0.15, -0.1) is 0 Å². The van der Waals surface area contributed by atoms with Crippen LogP contribution in [-0.2, 0) is 0 Å². The Labute approximate surface area is 439 Å². The van der Waals surface area contributed by atoms with E-state index in [1.165, 1.54) is 16.7 Å². The third-order valence-electron chi connectivity index (χ3n) is 14.7. The molecule has 3 aromatic heterocycles. The van der Waals surface area contributed by atoms with E-state index in [9.17, 15) is 0 Å². The van der Waals surface area contributed by atoms with Gasteiger partial charge in [0.2, 0.25) is 0 Å². The van der Waals surface area contributed by atoms with E-state index >= 15 is 0 Å². The van der Waals surface area contributed by atoms with Gasteiger partial charge < -0.3 is 8.83 Å². The molecule has 0 aliphatic heterocycles. The van der Waals surface area contributed by atoms with Crippen LogP contribution in [0.2, 0.25) is 0 Å². The van der Waals surface area contributed by atoms with Gasteiger partial charge in [-0.05, 0) is 114 Å². The first-order chi connectivity index (χ1) is 37.6. The van der Waals surface area contributed by atoms with Gasteiger partial charge in [0.25, 0.3) is 0 Å². The van der Waals surface area contributed by atoms with Crippen molar-refractivity contribution in [3.05, 3.63) is 261 Å². The van der Waals surface area contributed by atoms with Crippen molar-refractivity contribution in [2.24, 2.45) is 0 Å². The summed E-state index contributed by atoms with van der Waals surface area (Å²) in [5, 5.41) is 6.00. The molecule has 356 valence electrons. The van der Waals surface area contributed by atoms with Gasteiger partial charge in [-0.25, -0.2) is 15.0 Å². The van der Waals surface area contributed by atoms with Crippen molar-refractivity contribution in [1.29, 1.82) is 0 Å². The Kier molecular flexibility index (Phi) is 10.7. The summed E-state index contributed by atoms with van der Waals surface area (Å²) in [6.07, 6.45) is 3.75. The van der Waals surface area contributed by atoms with Crippen molar-refractivity contribution in [2.75, 3.05) is 0 Å². The van der Waals surface area contributed by atoms with Gasteiger partial charge in [0.15, 0.2) is 17.5 Å². The summed E-state index contributed by atoms with van der Waals surface area (Å²) >= 11 is 0. The molecule has 5 nitrogen and oxygen atoms in total. The summed E-state index contributed by atoms with van der Waals surface area (Å²) in [4.78, 5) is 15.8. The van der Waals surface area contributed by atoms with E-state index in [0.717, 1.165) is 121 Å². The van der Waals surface area contributed by atoms with Gasteiger partial charge in [-0.1, -0.05) is 219 Å². The van der Waals surface area contributed by atoms with Crippen LogP contribution in [0.3, 0.4) is 0 Å². The van der Waals surface area contributed by atoms with E-state index in [1.807, 2.05) is 66.7 Å². The molecular weight excluding hydrogens is 927 g/mol. The summed E-state index contributed by atoms with van der Waals surface area (Å²) in [6, 6.07) is 82.7. The number of rotatable bonds is 10. The number of benzene rings is 11. The van der Waals surface area contributed by atoms with E-state index in [-0.39, 0.29) is 0 Å². The van der Waals surface area contributed by atoms with Crippen molar-refractivity contribution in [3.63, 3.8) is 0 Å². The average Bonchev–Trinajstić information content (AvgIpc) is 4.17. The van der Waals surface area contributed by atoms with E-state index in [4.69, 9.17) is 23.8 Å². The molecule has 0 N–H and O–H groups in total. The highest BCUT2D eigenvalue weighted by molar-refractivity contribution is 6.18. The minimum Gasteiger partial charge on any atom is -0.456 e. The molecule has 0 unspecified atom stereocenters. The van der Waals surface area contributed by atoms with Gasteiger partial charge in [0, 0.05) is 43.8 Å². The van der Waals surface area contributed by atoms with E-state index < -0.39 is 0 Å². The predicted molar refractivity (Wildman–Crippen MR) is 316 cm³/mol. The Bertz CT molecular complexity index is 4570. The molecule has 76 heavy (non-hydrogen) atoms. The quantitative estimate of drug-likeness (QED) is 0.137.